The highest BCUT2D eigenvalue weighted by molar-refractivity contribution is 9.11. The van der Waals surface area contributed by atoms with Crippen molar-refractivity contribution in [3.05, 3.63) is 20.8 Å². The van der Waals surface area contributed by atoms with Gasteiger partial charge in [0.25, 0.3) is 0 Å². The van der Waals surface area contributed by atoms with Crippen molar-refractivity contribution < 1.29 is 14.3 Å². The Morgan fingerprint density at radius 2 is 2.31 bits per heavy atom. The summed E-state index contributed by atoms with van der Waals surface area (Å²) in [5, 5.41) is 2.77. The molecule has 0 spiro atoms. The van der Waals surface area contributed by atoms with Crippen LogP contribution in [0.2, 0.25) is 0 Å². The van der Waals surface area contributed by atoms with Crippen LogP contribution in [0.1, 0.15) is 4.88 Å². The Hall–Kier alpha value is -0.430. The maximum atomic E-state index is 11.3. The molecule has 16 heavy (non-hydrogen) atoms. The van der Waals surface area contributed by atoms with Crippen LogP contribution in [0.3, 0.4) is 0 Å². The number of methoxy groups -OCH3 is 1. The third-order valence-corrected chi connectivity index (χ3v) is 3.38. The summed E-state index contributed by atoms with van der Waals surface area (Å²) in [6, 6.07) is 3.93. The van der Waals surface area contributed by atoms with Crippen LogP contribution >= 0.6 is 27.3 Å². The zero-order valence-electron chi connectivity index (χ0n) is 8.99. The first-order valence-corrected chi connectivity index (χ1v) is 6.41. The molecule has 0 bridgehead atoms. The van der Waals surface area contributed by atoms with Gasteiger partial charge in [-0.3, -0.25) is 4.79 Å². The van der Waals surface area contributed by atoms with Gasteiger partial charge in [0.2, 0.25) is 5.91 Å². The maximum Gasteiger partial charge on any atom is 0.246 e. The lowest BCUT2D eigenvalue weighted by atomic mass is 10.4. The molecule has 1 aromatic rings. The molecule has 0 radical (unpaired) electrons. The maximum absolute atomic E-state index is 11.3. The predicted molar refractivity (Wildman–Crippen MR) is 66.6 cm³/mol. The number of ether oxygens (including phenoxy) is 2. The van der Waals surface area contributed by atoms with E-state index in [0.29, 0.717) is 19.8 Å². The first-order valence-electron chi connectivity index (χ1n) is 4.80. The number of hydrogen-bond acceptors (Lipinski definition) is 4. The number of carbonyl (C=O) groups excluding carboxylic acids is 1. The molecule has 6 heteroatoms. The Balaban J connectivity index is 2.10. The standard InChI is InChI=1S/C10H14BrNO3S/c1-14-4-5-15-7-10(13)12-6-8-2-3-9(11)16-8/h2-3H,4-7H2,1H3,(H,12,13). The molecule has 0 aliphatic carbocycles. The molecular formula is C10H14BrNO3S. The highest BCUT2D eigenvalue weighted by Gasteiger charge is 2.02. The molecule has 0 fully saturated rings. The van der Waals surface area contributed by atoms with Crippen molar-refractivity contribution in [1.29, 1.82) is 0 Å². The summed E-state index contributed by atoms with van der Waals surface area (Å²) in [7, 11) is 1.60. The summed E-state index contributed by atoms with van der Waals surface area (Å²) in [6.07, 6.45) is 0. The zero-order valence-corrected chi connectivity index (χ0v) is 11.4. The highest BCUT2D eigenvalue weighted by Crippen LogP contribution is 2.21. The van der Waals surface area contributed by atoms with Crippen LogP contribution in [-0.4, -0.2) is 32.8 Å². The lowest BCUT2D eigenvalue weighted by molar-refractivity contribution is -0.126. The smallest absolute Gasteiger partial charge is 0.246 e. The van der Waals surface area contributed by atoms with Crippen LogP contribution in [0, 0.1) is 0 Å². The van der Waals surface area contributed by atoms with Crippen molar-refractivity contribution in [3.8, 4) is 0 Å². The van der Waals surface area contributed by atoms with Gasteiger partial charge >= 0.3 is 0 Å². The van der Waals surface area contributed by atoms with Crippen molar-refractivity contribution in [2.75, 3.05) is 26.9 Å². The van der Waals surface area contributed by atoms with Gasteiger partial charge in [-0.15, -0.1) is 11.3 Å². The molecule has 1 amide bonds. The average molecular weight is 308 g/mol. The number of hydrogen-bond donors (Lipinski definition) is 1. The van der Waals surface area contributed by atoms with E-state index in [0.717, 1.165) is 8.66 Å². The quantitative estimate of drug-likeness (QED) is 0.781. The molecule has 0 atom stereocenters. The molecule has 1 N–H and O–H groups in total. The molecule has 0 saturated carbocycles. The Morgan fingerprint density at radius 3 is 2.94 bits per heavy atom. The van der Waals surface area contributed by atoms with Crippen LogP contribution in [0.25, 0.3) is 0 Å². The fraction of sp³-hybridized carbons (Fsp3) is 0.500. The van der Waals surface area contributed by atoms with E-state index in [1.54, 1.807) is 18.4 Å². The van der Waals surface area contributed by atoms with E-state index in [2.05, 4.69) is 21.2 Å². The summed E-state index contributed by atoms with van der Waals surface area (Å²) < 4.78 is 10.9. The number of thiophene rings is 1. The minimum atomic E-state index is -0.111. The molecule has 90 valence electrons. The SMILES string of the molecule is COCCOCC(=O)NCc1ccc(Br)s1. The topological polar surface area (TPSA) is 47.6 Å². The van der Waals surface area contributed by atoms with E-state index < -0.39 is 0 Å². The predicted octanol–water partition coefficient (Wildman–Crippen LogP) is 1.79. The second-order valence-corrected chi connectivity index (χ2v) is 5.58. The lowest BCUT2D eigenvalue weighted by Crippen LogP contribution is -2.27. The van der Waals surface area contributed by atoms with Crippen LogP contribution in [0.5, 0.6) is 0 Å². The van der Waals surface area contributed by atoms with E-state index in [4.69, 9.17) is 9.47 Å². The van der Waals surface area contributed by atoms with Crippen molar-refractivity contribution in [2.45, 2.75) is 6.54 Å². The normalized spacial score (nSPS) is 10.4. The Bertz CT molecular complexity index is 330. The lowest BCUT2D eigenvalue weighted by Gasteiger charge is -2.04. The van der Waals surface area contributed by atoms with Crippen molar-refractivity contribution >= 4 is 33.2 Å². The minimum absolute atomic E-state index is 0.0793. The zero-order chi connectivity index (χ0) is 11.8. The number of carbonyl (C=O) groups is 1. The molecular weight excluding hydrogens is 294 g/mol. The van der Waals surface area contributed by atoms with Gasteiger partial charge in [-0.25, -0.2) is 0 Å². The van der Waals surface area contributed by atoms with Crippen molar-refractivity contribution in [1.82, 2.24) is 5.32 Å². The summed E-state index contributed by atoms with van der Waals surface area (Å²) in [5.74, 6) is -0.111. The monoisotopic (exact) mass is 307 g/mol. The molecule has 0 saturated heterocycles. The van der Waals surface area contributed by atoms with Gasteiger partial charge in [0.15, 0.2) is 0 Å². The van der Waals surface area contributed by atoms with E-state index in [1.807, 2.05) is 12.1 Å². The van der Waals surface area contributed by atoms with E-state index in [1.165, 1.54) is 0 Å². The number of nitrogens with one attached hydrogen (secondary N) is 1. The second kappa shape index (κ2) is 7.78. The van der Waals surface area contributed by atoms with Gasteiger partial charge in [0, 0.05) is 12.0 Å². The minimum Gasteiger partial charge on any atom is -0.382 e. The first kappa shape index (κ1) is 13.6. The van der Waals surface area contributed by atoms with Crippen LogP contribution in [-0.2, 0) is 20.8 Å². The molecule has 0 aromatic carbocycles. The Morgan fingerprint density at radius 1 is 1.50 bits per heavy atom. The fourth-order valence-corrected chi connectivity index (χ4v) is 2.41. The summed E-state index contributed by atoms with van der Waals surface area (Å²) in [4.78, 5) is 12.4. The van der Waals surface area contributed by atoms with Crippen LogP contribution in [0.4, 0.5) is 0 Å². The highest BCUT2D eigenvalue weighted by atomic mass is 79.9. The Labute approximate surface area is 107 Å². The summed E-state index contributed by atoms with van der Waals surface area (Å²) >= 11 is 4.97. The van der Waals surface area contributed by atoms with E-state index in [9.17, 15) is 4.79 Å². The molecule has 1 aromatic heterocycles. The molecule has 1 rings (SSSR count). The van der Waals surface area contributed by atoms with Crippen LogP contribution < -0.4 is 5.32 Å². The summed E-state index contributed by atoms with van der Waals surface area (Å²) in [5.41, 5.74) is 0. The third kappa shape index (κ3) is 5.60. The van der Waals surface area contributed by atoms with Gasteiger partial charge in [-0.2, -0.15) is 0 Å². The van der Waals surface area contributed by atoms with E-state index >= 15 is 0 Å². The van der Waals surface area contributed by atoms with Gasteiger partial charge < -0.3 is 14.8 Å². The van der Waals surface area contributed by atoms with E-state index in [-0.39, 0.29) is 12.5 Å². The van der Waals surface area contributed by atoms with Crippen molar-refractivity contribution in [3.63, 3.8) is 0 Å². The largest absolute Gasteiger partial charge is 0.382 e. The fourth-order valence-electron chi connectivity index (χ4n) is 0.991. The Kier molecular flexibility index (Phi) is 6.63. The average Bonchev–Trinajstić information content (AvgIpc) is 2.68. The molecule has 0 aliphatic rings. The molecule has 0 aliphatic heterocycles. The van der Waals surface area contributed by atoms with Gasteiger partial charge in [0.1, 0.15) is 6.61 Å². The number of amides is 1. The van der Waals surface area contributed by atoms with Gasteiger partial charge in [-0.1, -0.05) is 0 Å². The number of halogens is 1. The van der Waals surface area contributed by atoms with Crippen molar-refractivity contribution in [2.24, 2.45) is 0 Å². The molecule has 0 unspecified atom stereocenters. The third-order valence-electron chi connectivity index (χ3n) is 1.75. The van der Waals surface area contributed by atoms with Gasteiger partial charge in [-0.05, 0) is 28.1 Å². The second-order valence-electron chi connectivity index (χ2n) is 3.03. The molecule has 4 nitrogen and oxygen atoms in total. The first-order chi connectivity index (χ1) is 7.72. The van der Waals surface area contributed by atoms with Gasteiger partial charge in [0.05, 0.1) is 23.5 Å². The molecule has 1 heterocycles. The number of rotatable bonds is 7. The van der Waals surface area contributed by atoms with Crippen LogP contribution in [0.15, 0.2) is 15.9 Å². The summed E-state index contributed by atoms with van der Waals surface area (Å²) in [6.45, 7) is 1.57.